The van der Waals surface area contributed by atoms with Crippen molar-refractivity contribution in [1.82, 2.24) is 9.97 Å². The molecule has 124 valence electrons. The number of hydrogen-bond donors (Lipinski definition) is 1. The smallest absolute Gasteiger partial charge is 0.213 e. The fourth-order valence-corrected chi connectivity index (χ4v) is 2.17. The van der Waals surface area contributed by atoms with E-state index in [1.54, 1.807) is 42.7 Å². The van der Waals surface area contributed by atoms with Crippen LogP contribution in [0.25, 0.3) is 0 Å². The van der Waals surface area contributed by atoms with Gasteiger partial charge in [-0.05, 0) is 29.8 Å². The van der Waals surface area contributed by atoms with Crippen molar-refractivity contribution in [3.8, 4) is 17.7 Å². The van der Waals surface area contributed by atoms with Gasteiger partial charge in [0, 0.05) is 30.4 Å². The van der Waals surface area contributed by atoms with E-state index < -0.39 is 0 Å². The highest BCUT2D eigenvalue weighted by Gasteiger charge is 2.05. The molecule has 0 aliphatic carbocycles. The highest BCUT2D eigenvalue weighted by molar-refractivity contribution is 5.50. The molecular formula is C20H16FN3O. The molecular weight excluding hydrogens is 317 g/mol. The zero-order valence-corrected chi connectivity index (χ0v) is 13.4. The number of ether oxygens (including phenoxy) is 1. The van der Waals surface area contributed by atoms with E-state index in [0.29, 0.717) is 29.2 Å². The van der Waals surface area contributed by atoms with Crippen LogP contribution in [0.1, 0.15) is 16.7 Å². The highest BCUT2D eigenvalue weighted by Crippen LogP contribution is 2.14. The second-order valence-corrected chi connectivity index (χ2v) is 5.30. The molecule has 3 aromatic rings. The monoisotopic (exact) mass is 333 g/mol. The number of pyridine rings is 2. The van der Waals surface area contributed by atoms with Gasteiger partial charge in [-0.2, -0.15) is 0 Å². The van der Waals surface area contributed by atoms with Crippen LogP contribution < -0.4 is 10.5 Å². The van der Waals surface area contributed by atoms with Crippen molar-refractivity contribution < 1.29 is 9.13 Å². The SMILES string of the molecule is Nc1ncccc1C#CCc1ccc(COc2ccccn2)c(F)c1. The Balaban J connectivity index is 1.63. The second-order valence-electron chi connectivity index (χ2n) is 5.30. The third-order valence-corrected chi connectivity index (χ3v) is 3.48. The number of aromatic nitrogens is 2. The Bertz CT molecular complexity index is 917. The lowest BCUT2D eigenvalue weighted by atomic mass is 10.1. The Morgan fingerprint density at radius 1 is 1.04 bits per heavy atom. The number of rotatable bonds is 4. The van der Waals surface area contributed by atoms with E-state index in [1.165, 1.54) is 6.07 Å². The maximum atomic E-state index is 14.2. The van der Waals surface area contributed by atoms with E-state index in [-0.39, 0.29) is 12.4 Å². The van der Waals surface area contributed by atoms with Crippen LogP contribution in [0.2, 0.25) is 0 Å². The van der Waals surface area contributed by atoms with Crippen LogP contribution in [0, 0.1) is 17.7 Å². The summed E-state index contributed by atoms with van der Waals surface area (Å²) >= 11 is 0. The Hall–Kier alpha value is -3.39. The molecule has 0 unspecified atom stereocenters. The van der Waals surface area contributed by atoms with Gasteiger partial charge in [0.2, 0.25) is 5.88 Å². The summed E-state index contributed by atoms with van der Waals surface area (Å²) in [6.07, 6.45) is 3.66. The summed E-state index contributed by atoms with van der Waals surface area (Å²) in [5.41, 5.74) is 7.66. The molecule has 0 aliphatic heterocycles. The number of hydrogen-bond acceptors (Lipinski definition) is 4. The molecule has 0 atom stereocenters. The normalized spacial score (nSPS) is 9.96. The Morgan fingerprint density at radius 3 is 2.68 bits per heavy atom. The van der Waals surface area contributed by atoms with Gasteiger partial charge < -0.3 is 10.5 Å². The minimum absolute atomic E-state index is 0.126. The zero-order chi connectivity index (χ0) is 17.5. The molecule has 1 aromatic carbocycles. The first-order valence-corrected chi connectivity index (χ1v) is 7.73. The first-order chi connectivity index (χ1) is 12.2. The van der Waals surface area contributed by atoms with Crippen LogP contribution in [0.5, 0.6) is 5.88 Å². The number of nitrogens with two attached hydrogens (primary N) is 1. The molecule has 0 saturated carbocycles. The summed E-state index contributed by atoms with van der Waals surface area (Å²) in [4.78, 5) is 8.01. The van der Waals surface area contributed by atoms with Gasteiger partial charge in [0.05, 0.1) is 5.56 Å². The van der Waals surface area contributed by atoms with E-state index in [4.69, 9.17) is 10.5 Å². The van der Waals surface area contributed by atoms with E-state index in [1.807, 2.05) is 12.1 Å². The largest absolute Gasteiger partial charge is 0.473 e. The summed E-state index contributed by atoms with van der Waals surface area (Å²) in [6, 6.07) is 13.9. The molecule has 0 spiro atoms. The van der Waals surface area contributed by atoms with E-state index >= 15 is 0 Å². The molecule has 0 bridgehead atoms. The van der Waals surface area contributed by atoms with Gasteiger partial charge in [-0.3, -0.25) is 0 Å². The summed E-state index contributed by atoms with van der Waals surface area (Å²) in [6.45, 7) is 0.126. The third-order valence-electron chi connectivity index (χ3n) is 3.48. The third kappa shape index (κ3) is 4.55. The van der Waals surface area contributed by atoms with Gasteiger partial charge >= 0.3 is 0 Å². The van der Waals surface area contributed by atoms with Crippen molar-refractivity contribution in [2.45, 2.75) is 13.0 Å². The summed E-state index contributed by atoms with van der Waals surface area (Å²) in [5.74, 6) is 6.47. The molecule has 0 fully saturated rings. The van der Waals surface area contributed by atoms with E-state index in [9.17, 15) is 4.39 Å². The number of benzene rings is 1. The van der Waals surface area contributed by atoms with Crippen LogP contribution in [-0.4, -0.2) is 9.97 Å². The predicted octanol–water partition coefficient (Wildman–Crippen LogP) is 3.37. The quantitative estimate of drug-likeness (QED) is 0.744. The fraction of sp³-hybridized carbons (Fsp3) is 0.100. The molecule has 4 nitrogen and oxygen atoms in total. The summed E-state index contributed by atoms with van der Waals surface area (Å²) < 4.78 is 19.7. The average Bonchev–Trinajstić information content (AvgIpc) is 2.63. The maximum absolute atomic E-state index is 14.2. The topological polar surface area (TPSA) is 61.0 Å². The number of nitrogen functional groups attached to an aromatic ring is 1. The first-order valence-electron chi connectivity index (χ1n) is 7.73. The van der Waals surface area contributed by atoms with Crippen LogP contribution in [0.15, 0.2) is 60.9 Å². The van der Waals surface area contributed by atoms with Crippen molar-refractivity contribution >= 4 is 5.82 Å². The Morgan fingerprint density at radius 2 is 1.92 bits per heavy atom. The van der Waals surface area contributed by atoms with Gasteiger partial charge in [0.1, 0.15) is 18.2 Å². The number of nitrogens with zero attached hydrogens (tertiary/aromatic N) is 2. The van der Waals surface area contributed by atoms with Crippen molar-refractivity contribution in [2.75, 3.05) is 5.73 Å². The van der Waals surface area contributed by atoms with Gasteiger partial charge in [-0.1, -0.05) is 30.0 Å². The molecule has 0 aliphatic rings. The standard InChI is InChI=1S/C20H16FN3O/c21-18-13-15(5-3-6-16-7-4-12-24-20(16)22)9-10-17(18)14-25-19-8-1-2-11-23-19/h1-2,4,7-13H,5,14H2,(H2,22,24). The fourth-order valence-electron chi connectivity index (χ4n) is 2.17. The molecule has 0 radical (unpaired) electrons. The molecule has 25 heavy (non-hydrogen) atoms. The van der Waals surface area contributed by atoms with Gasteiger partial charge in [-0.15, -0.1) is 0 Å². The number of anilines is 1. The van der Waals surface area contributed by atoms with Crippen LogP contribution in [0.4, 0.5) is 10.2 Å². The Labute approximate surface area is 145 Å². The van der Waals surface area contributed by atoms with Gasteiger partial charge in [-0.25, -0.2) is 14.4 Å². The van der Waals surface area contributed by atoms with Crippen LogP contribution in [-0.2, 0) is 13.0 Å². The van der Waals surface area contributed by atoms with E-state index in [2.05, 4.69) is 21.8 Å². The molecule has 2 N–H and O–H groups in total. The van der Waals surface area contributed by atoms with E-state index in [0.717, 1.165) is 5.56 Å². The number of halogens is 1. The lowest BCUT2D eigenvalue weighted by Gasteiger charge is -2.07. The van der Waals surface area contributed by atoms with Crippen molar-refractivity contribution in [3.05, 3.63) is 83.4 Å². The minimum Gasteiger partial charge on any atom is -0.473 e. The van der Waals surface area contributed by atoms with Crippen molar-refractivity contribution in [3.63, 3.8) is 0 Å². The molecule has 5 heteroatoms. The molecule has 2 heterocycles. The van der Waals surface area contributed by atoms with Gasteiger partial charge in [0.15, 0.2) is 0 Å². The van der Waals surface area contributed by atoms with Crippen LogP contribution >= 0.6 is 0 Å². The van der Waals surface area contributed by atoms with Gasteiger partial charge in [0.25, 0.3) is 0 Å². The second kappa shape index (κ2) is 7.93. The molecule has 0 saturated heterocycles. The predicted molar refractivity (Wildman–Crippen MR) is 94.2 cm³/mol. The highest BCUT2D eigenvalue weighted by atomic mass is 19.1. The molecule has 2 aromatic heterocycles. The summed E-state index contributed by atoms with van der Waals surface area (Å²) in [5, 5.41) is 0. The lowest BCUT2D eigenvalue weighted by molar-refractivity contribution is 0.288. The van der Waals surface area contributed by atoms with Crippen molar-refractivity contribution in [2.24, 2.45) is 0 Å². The maximum Gasteiger partial charge on any atom is 0.213 e. The van der Waals surface area contributed by atoms with Crippen molar-refractivity contribution in [1.29, 1.82) is 0 Å². The Kier molecular flexibility index (Phi) is 5.22. The average molecular weight is 333 g/mol. The molecule has 0 amide bonds. The first kappa shape index (κ1) is 16.5. The summed E-state index contributed by atoms with van der Waals surface area (Å²) in [7, 11) is 0. The lowest BCUT2D eigenvalue weighted by Crippen LogP contribution is -2.00. The molecule has 3 rings (SSSR count). The zero-order valence-electron chi connectivity index (χ0n) is 13.4. The minimum atomic E-state index is -0.323. The van der Waals surface area contributed by atoms with Crippen LogP contribution in [0.3, 0.4) is 0 Å².